The van der Waals surface area contributed by atoms with Crippen molar-refractivity contribution in [2.75, 3.05) is 20.1 Å². The second-order valence-electron chi connectivity index (χ2n) is 6.66. The van der Waals surface area contributed by atoms with Gasteiger partial charge in [-0.25, -0.2) is 9.78 Å². The van der Waals surface area contributed by atoms with Gasteiger partial charge < -0.3 is 10.4 Å². The molecule has 2 atom stereocenters. The Kier molecular flexibility index (Phi) is 5.63. The van der Waals surface area contributed by atoms with E-state index in [1.165, 1.54) is 23.8 Å². The zero-order valence-corrected chi connectivity index (χ0v) is 14.8. The maximum atomic E-state index is 12.4. The van der Waals surface area contributed by atoms with E-state index < -0.39 is 5.97 Å². The van der Waals surface area contributed by atoms with Gasteiger partial charge >= 0.3 is 5.97 Å². The molecule has 136 valence electrons. The molecular weight excluding hydrogens is 330 g/mol. The highest BCUT2D eigenvalue weighted by molar-refractivity contribution is 5.94. The van der Waals surface area contributed by atoms with Crippen molar-refractivity contribution in [2.45, 2.75) is 18.9 Å². The van der Waals surface area contributed by atoms with E-state index in [0.717, 1.165) is 19.4 Å². The first-order chi connectivity index (χ1) is 12.6. The van der Waals surface area contributed by atoms with Gasteiger partial charge in [0, 0.05) is 12.6 Å². The summed E-state index contributed by atoms with van der Waals surface area (Å²) in [5.74, 6) is -1.19. The third kappa shape index (κ3) is 4.08. The number of carbonyl (C=O) groups excluding carboxylic acids is 1. The maximum Gasteiger partial charge on any atom is 0.354 e. The summed E-state index contributed by atoms with van der Waals surface area (Å²) in [6.45, 7) is 1.56. The van der Waals surface area contributed by atoms with E-state index in [0.29, 0.717) is 12.5 Å². The van der Waals surface area contributed by atoms with Crippen molar-refractivity contribution < 1.29 is 14.7 Å². The summed E-state index contributed by atoms with van der Waals surface area (Å²) < 4.78 is 0. The largest absolute Gasteiger partial charge is 0.477 e. The minimum Gasteiger partial charge on any atom is -0.477 e. The fourth-order valence-electron chi connectivity index (χ4n) is 3.64. The van der Waals surface area contributed by atoms with Crippen LogP contribution in [0.2, 0.25) is 0 Å². The van der Waals surface area contributed by atoms with Crippen molar-refractivity contribution in [1.82, 2.24) is 15.2 Å². The number of aromatic nitrogens is 1. The average molecular weight is 353 g/mol. The lowest BCUT2D eigenvalue weighted by atomic mass is 9.85. The third-order valence-corrected chi connectivity index (χ3v) is 4.87. The Labute approximate surface area is 152 Å². The summed E-state index contributed by atoms with van der Waals surface area (Å²) in [6, 6.07) is 15.0. The van der Waals surface area contributed by atoms with Crippen molar-refractivity contribution in [1.29, 1.82) is 0 Å². The molecule has 1 aromatic heterocycles. The predicted octanol–water partition coefficient (Wildman–Crippen LogP) is 2.59. The molecule has 6 nitrogen and oxygen atoms in total. The number of nitrogens with zero attached hydrogens (tertiary/aromatic N) is 2. The molecule has 1 aromatic carbocycles. The number of amides is 1. The fourth-order valence-corrected chi connectivity index (χ4v) is 3.64. The second kappa shape index (κ2) is 8.10. The normalized spacial score (nSPS) is 20.5. The Morgan fingerprint density at radius 1 is 1.15 bits per heavy atom. The minimum atomic E-state index is -1.14. The van der Waals surface area contributed by atoms with Crippen LogP contribution in [0.4, 0.5) is 0 Å². The Bertz CT molecular complexity index is 779. The monoisotopic (exact) mass is 353 g/mol. The average Bonchev–Trinajstić information content (AvgIpc) is 2.67. The number of hydrogen-bond acceptors (Lipinski definition) is 4. The maximum absolute atomic E-state index is 12.4. The number of benzene rings is 1. The second-order valence-corrected chi connectivity index (χ2v) is 6.66. The number of pyridine rings is 1. The number of carbonyl (C=O) groups is 2. The lowest BCUT2D eigenvalue weighted by Crippen LogP contribution is -2.41. The standard InChI is InChI=1S/C20H23N3O3/c1-23-12-6-9-15(18(23)14-7-3-2-4-8-14)13-21-19(24)16-10-5-11-17(22-16)20(25)26/h2-5,7-8,10-11,15,18H,6,9,12-13H2,1H3,(H,21,24)(H,25,26)/t15-,18-/m0/s1. The quantitative estimate of drug-likeness (QED) is 0.863. The lowest BCUT2D eigenvalue weighted by Gasteiger charge is -2.39. The van der Waals surface area contributed by atoms with Gasteiger partial charge in [0.15, 0.2) is 0 Å². The molecule has 2 aromatic rings. The summed E-state index contributed by atoms with van der Waals surface area (Å²) in [5.41, 5.74) is 1.25. The van der Waals surface area contributed by atoms with Crippen LogP contribution in [0.25, 0.3) is 0 Å². The van der Waals surface area contributed by atoms with Crippen molar-refractivity contribution in [3.05, 3.63) is 65.5 Å². The zero-order valence-electron chi connectivity index (χ0n) is 14.8. The number of piperidine rings is 1. The Morgan fingerprint density at radius 3 is 2.62 bits per heavy atom. The number of rotatable bonds is 5. The van der Waals surface area contributed by atoms with E-state index in [1.54, 1.807) is 0 Å². The Balaban J connectivity index is 1.70. The number of hydrogen-bond donors (Lipinski definition) is 2. The van der Waals surface area contributed by atoms with E-state index in [-0.39, 0.29) is 23.3 Å². The Morgan fingerprint density at radius 2 is 1.88 bits per heavy atom. The predicted molar refractivity (Wildman–Crippen MR) is 98.1 cm³/mol. The molecule has 6 heteroatoms. The molecule has 1 saturated heterocycles. The molecule has 0 bridgehead atoms. The molecule has 2 N–H and O–H groups in total. The van der Waals surface area contributed by atoms with Gasteiger partial charge in [-0.3, -0.25) is 9.69 Å². The zero-order chi connectivity index (χ0) is 18.5. The van der Waals surface area contributed by atoms with Crippen LogP contribution in [0.1, 0.15) is 45.4 Å². The van der Waals surface area contributed by atoms with Crippen LogP contribution in [-0.2, 0) is 0 Å². The van der Waals surface area contributed by atoms with Gasteiger partial charge in [0.2, 0.25) is 0 Å². The van der Waals surface area contributed by atoms with Crippen molar-refractivity contribution in [3.8, 4) is 0 Å². The van der Waals surface area contributed by atoms with Gasteiger partial charge in [-0.2, -0.15) is 0 Å². The highest BCUT2D eigenvalue weighted by Crippen LogP contribution is 2.34. The fraction of sp³-hybridized carbons (Fsp3) is 0.350. The van der Waals surface area contributed by atoms with E-state index in [4.69, 9.17) is 5.11 Å². The highest BCUT2D eigenvalue weighted by atomic mass is 16.4. The van der Waals surface area contributed by atoms with Gasteiger partial charge in [0.25, 0.3) is 5.91 Å². The molecule has 1 aliphatic rings. The van der Waals surface area contributed by atoms with Gasteiger partial charge in [-0.15, -0.1) is 0 Å². The summed E-state index contributed by atoms with van der Waals surface area (Å²) >= 11 is 0. The smallest absolute Gasteiger partial charge is 0.354 e. The van der Waals surface area contributed by atoms with Crippen molar-refractivity contribution in [2.24, 2.45) is 5.92 Å². The number of likely N-dealkylation sites (tertiary alicyclic amines) is 1. The van der Waals surface area contributed by atoms with E-state index >= 15 is 0 Å². The van der Waals surface area contributed by atoms with Gasteiger partial charge in [-0.1, -0.05) is 36.4 Å². The van der Waals surface area contributed by atoms with E-state index in [1.807, 2.05) is 18.2 Å². The molecule has 2 heterocycles. The van der Waals surface area contributed by atoms with Gasteiger partial charge in [0.05, 0.1) is 0 Å². The van der Waals surface area contributed by atoms with Crippen LogP contribution in [0, 0.1) is 5.92 Å². The van der Waals surface area contributed by atoms with Crippen LogP contribution >= 0.6 is 0 Å². The minimum absolute atomic E-state index is 0.128. The first-order valence-electron chi connectivity index (χ1n) is 8.80. The van der Waals surface area contributed by atoms with Gasteiger partial charge in [0.1, 0.15) is 11.4 Å². The summed E-state index contributed by atoms with van der Waals surface area (Å²) in [5, 5.41) is 11.9. The van der Waals surface area contributed by atoms with Crippen LogP contribution in [-0.4, -0.2) is 47.0 Å². The number of aromatic carboxylic acids is 1. The van der Waals surface area contributed by atoms with Crippen LogP contribution in [0.5, 0.6) is 0 Å². The molecule has 0 saturated carbocycles. The first-order valence-corrected chi connectivity index (χ1v) is 8.80. The Hall–Kier alpha value is -2.73. The van der Waals surface area contributed by atoms with E-state index in [9.17, 15) is 9.59 Å². The summed E-state index contributed by atoms with van der Waals surface area (Å²) in [6.07, 6.45) is 2.12. The number of carboxylic acid groups (broad SMARTS) is 1. The molecule has 1 aliphatic heterocycles. The molecular formula is C20H23N3O3. The third-order valence-electron chi connectivity index (χ3n) is 4.87. The van der Waals surface area contributed by atoms with Crippen molar-refractivity contribution >= 4 is 11.9 Å². The number of carboxylic acids is 1. The SMILES string of the molecule is CN1CCC[C@@H](CNC(=O)c2cccc(C(=O)O)n2)[C@@H]1c1ccccc1. The summed E-state index contributed by atoms with van der Waals surface area (Å²) in [7, 11) is 2.11. The molecule has 0 spiro atoms. The van der Waals surface area contributed by atoms with Crippen LogP contribution in [0.15, 0.2) is 48.5 Å². The molecule has 1 amide bonds. The first kappa shape index (κ1) is 18.1. The lowest BCUT2D eigenvalue weighted by molar-refractivity contribution is 0.0690. The van der Waals surface area contributed by atoms with Crippen molar-refractivity contribution in [3.63, 3.8) is 0 Å². The molecule has 3 rings (SSSR count). The molecule has 1 fully saturated rings. The highest BCUT2D eigenvalue weighted by Gasteiger charge is 2.30. The molecule has 26 heavy (non-hydrogen) atoms. The van der Waals surface area contributed by atoms with Crippen LogP contribution in [0.3, 0.4) is 0 Å². The number of nitrogens with one attached hydrogen (secondary N) is 1. The molecule has 0 aliphatic carbocycles. The van der Waals surface area contributed by atoms with Gasteiger partial charge in [-0.05, 0) is 50.0 Å². The summed E-state index contributed by atoms with van der Waals surface area (Å²) in [4.78, 5) is 29.7. The topological polar surface area (TPSA) is 82.5 Å². The molecule has 0 unspecified atom stereocenters. The van der Waals surface area contributed by atoms with Crippen LogP contribution < -0.4 is 5.32 Å². The molecule has 0 radical (unpaired) electrons. The van der Waals surface area contributed by atoms with E-state index in [2.05, 4.69) is 34.4 Å².